The van der Waals surface area contributed by atoms with Gasteiger partial charge in [0, 0.05) is 25.1 Å². The van der Waals surface area contributed by atoms with Gasteiger partial charge in [-0.05, 0) is 42.3 Å². The maximum absolute atomic E-state index is 13.3. The van der Waals surface area contributed by atoms with Gasteiger partial charge in [-0.15, -0.1) is 0 Å². The second-order valence-electron chi connectivity index (χ2n) is 7.66. The number of ether oxygens (including phenoxy) is 1. The van der Waals surface area contributed by atoms with E-state index in [1.807, 2.05) is 31.2 Å². The van der Waals surface area contributed by atoms with Gasteiger partial charge < -0.3 is 14.2 Å². The lowest BCUT2D eigenvalue weighted by Crippen LogP contribution is -2.26. The highest BCUT2D eigenvalue weighted by Gasteiger charge is 2.37. The first kappa shape index (κ1) is 21.9. The summed E-state index contributed by atoms with van der Waals surface area (Å²) in [6, 6.07) is 12.6. The predicted octanol–water partition coefficient (Wildman–Crippen LogP) is 5.06. The Morgan fingerprint density at radius 1 is 1.16 bits per heavy atom. The first-order chi connectivity index (χ1) is 15.3. The third-order valence-corrected chi connectivity index (χ3v) is 5.27. The molecule has 1 atom stereocenters. The number of amides is 1. The molecule has 1 amide bonds. The molecule has 6 nitrogen and oxygen atoms in total. The zero-order chi connectivity index (χ0) is 22.7. The molecule has 1 aliphatic heterocycles. The molecule has 1 saturated heterocycles. The average molecular weight is 445 g/mol. The van der Waals surface area contributed by atoms with Gasteiger partial charge in [0.2, 0.25) is 17.6 Å². The Labute approximate surface area is 183 Å². The van der Waals surface area contributed by atoms with Crippen LogP contribution in [0.3, 0.4) is 0 Å². The summed E-state index contributed by atoms with van der Waals surface area (Å²) in [7, 11) is 0. The van der Waals surface area contributed by atoms with Crippen molar-refractivity contribution in [3.63, 3.8) is 0 Å². The molecule has 32 heavy (non-hydrogen) atoms. The Kier molecular flexibility index (Phi) is 6.16. The lowest BCUT2D eigenvalue weighted by atomic mass is 10.1. The molecule has 1 unspecified atom stereocenters. The normalized spacial score (nSPS) is 16.6. The first-order valence-electron chi connectivity index (χ1n) is 10.3. The van der Waals surface area contributed by atoms with Gasteiger partial charge in [0.1, 0.15) is 5.75 Å². The lowest BCUT2D eigenvalue weighted by Gasteiger charge is -2.19. The molecular formula is C23H22F3N3O3. The van der Waals surface area contributed by atoms with Gasteiger partial charge in [0.05, 0.1) is 18.1 Å². The maximum atomic E-state index is 13.3. The van der Waals surface area contributed by atoms with E-state index >= 15 is 0 Å². The number of carbonyl (C=O) groups excluding carboxylic acids is 1. The molecule has 4 rings (SSSR count). The highest BCUT2D eigenvalue weighted by Crippen LogP contribution is 2.35. The van der Waals surface area contributed by atoms with Gasteiger partial charge >= 0.3 is 6.18 Å². The molecule has 0 spiro atoms. The molecule has 0 N–H and O–H groups in total. The summed E-state index contributed by atoms with van der Waals surface area (Å²) in [5.74, 6) is 0.815. The van der Waals surface area contributed by atoms with Crippen LogP contribution < -0.4 is 4.74 Å². The maximum Gasteiger partial charge on any atom is 0.416 e. The Morgan fingerprint density at radius 3 is 2.62 bits per heavy atom. The van der Waals surface area contributed by atoms with Gasteiger partial charge in [-0.3, -0.25) is 4.79 Å². The molecule has 1 aromatic heterocycles. The van der Waals surface area contributed by atoms with E-state index < -0.39 is 11.7 Å². The van der Waals surface area contributed by atoms with Gasteiger partial charge in [-0.2, -0.15) is 18.2 Å². The van der Waals surface area contributed by atoms with Crippen LogP contribution in [0.2, 0.25) is 0 Å². The van der Waals surface area contributed by atoms with Crippen molar-refractivity contribution in [1.29, 1.82) is 0 Å². The van der Waals surface area contributed by atoms with E-state index in [4.69, 9.17) is 9.26 Å². The van der Waals surface area contributed by atoms with Crippen molar-refractivity contribution < 1.29 is 27.2 Å². The zero-order valence-corrected chi connectivity index (χ0v) is 17.4. The second-order valence-corrected chi connectivity index (χ2v) is 7.66. The molecule has 0 bridgehead atoms. The van der Waals surface area contributed by atoms with Crippen LogP contribution in [0.5, 0.6) is 5.75 Å². The van der Waals surface area contributed by atoms with Crippen molar-refractivity contribution in [2.24, 2.45) is 0 Å². The van der Waals surface area contributed by atoms with Crippen LogP contribution in [0.4, 0.5) is 13.2 Å². The fourth-order valence-electron chi connectivity index (χ4n) is 3.67. The highest BCUT2D eigenvalue weighted by atomic mass is 19.4. The minimum Gasteiger partial charge on any atom is -0.494 e. The third-order valence-electron chi connectivity index (χ3n) is 5.27. The standard InChI is InChI=1S/C23H22F3N3O3/c1-2-11-31-18-9-7-15(8-10-18)21-27-22(32-28-21)17-12-20(30)29(14-17)13-16-5-3-4-6-19(16)23(24,25)26/h3-10,17H,2,11-14H2,1H3. The van der Waals surface area contributed by atoms with Crippen molar-refractivity contribution in [2.45, 2.75) is 38.4 Å². The number of rotatable bonds is 7. The number of likely N-dealkylation sites (tertiary alicyclic amines) is 1. The largest absolute Gasteiger partial charge is 0.494 e. The summed E-state index contributed by atoms with van der Waals surface area (Å²) in [5.41, 5.74) is 0.0671. The van der Waals surface area contributed by atoms with Gasteiger partial charge in [-0.25, -0.2) is 0 Å². The number of halogens is 3. The summed E-state index contributed by atoms with van der Waals surface area (Å²) in [4.78, 5) is 18.3. The van der Waals surface area contributed by atoms with E-state index in [-0.39, 0.29) is 36.9 Å². The summed E-state index contributed by atoms with van der Waals surface area (Å²) >= 11 is 0. The molecule has 168 valence electrons. The van der Waals surface area contributed by atoms with Gasteiger partial charge in [0.15, 0.2) is 0 Å². The Balaban J connectivity index is 1.45. The van der Waals surface area contributed by atoms with Crippen LogP contribution >= 0.6 is 0 Å². The molecule has 1 aliphatic rings. The Bertz CT molecular complexity index is 1080. The van der Waals surface area contributed by atoms with Gasteiger partial charge in [-0.1, -0.05) is 30.3 Å². The molecule has 2 heterocycles. The number of nitrogens with zero attached hydrogens (tertiary/aromatic N) is 3. The molecule has 3 aromatic rings. The summed E-state index contributed by atoms with van der Waals surface area (Å²) < 4.78 is 50.7. The van der Waals surface area contributed by atoms with Crippen LogP contribution in [0.1, 0.15) is 42.7 Å². The molecular weight excluding hydrogens is 423 g/mol. The smallest absolute Gasteiger partial charge is 0.416 e. The zero-order valence-electron chi connectivity index (χ0n) is 17.4. The number of aromatic nitrogens is 2. The van der Waals surface area contributed by atoms with Crippen molar-refractivity contribution in [3.8, 4) is 17.1 Å². The van der Waals surface area contributed by atoms with E-state index in [0.717, 1.165) is 23.8 Å². The van der Waals surface area contributed by atoms with E-state index in [0.29, 0.717) is 18.3 Å². The SMILES string of the molecule is CCCOc1ccc(-c2noc(C3CC(=O)N(Cc4ccccc4C(F)(F)F)C3)n2)cc1. The Morgan fingerprint density at radius 2 is 1.91 bits per heavy atom. The van der Waals surface area contributed by atoms with Crippen LogP contribution in [-0.2, 0) is 17.5 Å². The second kappa shape index (κ2) is 9.02. The number of hydrogen-bond acceptors (Lipinski definition) is 5. The fraction of sp³-hybridized carbons (Fsp3) is 0.348. The molecule has 2 aromatic carbocycles. The van der Waals surface area contributed by atoms with E-state index in [1.165, 1.54) is 23.1 Å². The molecule has 0 aliphatic carbocycles. The highest BCUT2D eigenvalue weighted by molar-refractivity contribution is 5.79. The minimum absolute atomic E-state index is 0.0607. The lowest BCUT2D eigenvalue weighted by molar-refractivity contribution is -0.139. The summed E-state index contributed by atoms with van der Waals surface area (Å²) in [6.45, 7) is 2.76. The number of hydrogen-bond donors (Lipinski definition) is 0. The van der Waals surface area contributed by atoms with E-state index in [1.54, 1.807) is 0 Å². The minimum atomic E-state index is -4.47. The monoisotopic (exact) mass is 445 g/mol. The van der Waals surface area contributed by atoms with Crippen LogP contribution in [-0.4, -0.2) is 34.1 Å². The van der Waals surface area contributed by atoms with Gasteiger partial charge in [0.25, 0.3) is 0 Å². The molecule has 0 saturated carbocycles. The summed E-state index contributed by atoms with van der Waals surface area (Å²) in [6.07, 6.45) is -3.45. The third kappa shape index (κ3) is 4.76. The van der Waals surface area contributed by atoms with Crippen molar-refractivity contribution in [1.82, 2.24) is 15.0 Å². The van der Waals surface area contributed by atoms with Crippen LogP contribution in [0.15, 0.2) is 53.1 Å². The van der Waals surface area contributed by atoms with Crippen molar-refractivity contribution in [2.75, 3.05) is 13.2 Å². The number of carbonyl (C=O) groups is 1. The van der Waals surface area contributed by atoms with Crippen molar-refractivity contribution >= 4 is 5.91 Å². The molecule has 9 heteroatoms. The summed E-state index contributed by atoms with van der Waals surface area (Å²) in [5, 5.41) is 4.00. The van der Waals surface area contributed by atoms with E-state index in [2.05, 4.69) is 10.1 Å². The fourth-order valence-corrected chi connectivity index (χ4v) is 3.67. The molecule has 1 fully saturated rings. The first-order valence-corrected chi connectivity index (χ1v) is 10.3. The predicted molar refractivity (Wildman–Crippen MR) is 110 cm³/mol. The number of benzene rings is 2. The van der Waals surface area contributed by atoms with Crippen molar-refractivity contribution in [3.05, 3.63) is 65.5 Å². The number of alkyl halides is 3. The average Bonchev–Trinajstić information content (AvgIpc) is 3.40. The topological polar surface area (TPSA) is 68.5 Å². The quantitative estimate of drug-likeness (QED) is 0.509. The molecule has 0 radical (unpaired) electrons. The van der Waals surface area contributed by atoms with Crippen LogP contribution in [0, 0.1) is 0 Å². The van der Waals surface area contributed by atoms with Crippen LogP contribution in [0.25, 0.3) is 11.4 Å². The van der Waals surface area contributed by atoms with E-state index in [9.17, 15) is 18.0 Å². The Hall–Kier alpha value is -3.36.